The summed E-state index contributed by atoms with van der Waals surface area (Å²) in [5.74, 6) is 1.27. The summed E-state index contributed by atoms with van der Waals surface area (Å²) in [7, 11) is 0. The molecular formula is C11H23NO. The van der Waals surface area contributed by atoms with Crippen LogP contribution in [0.1, 0.15) is 39.5 Å². The summed E-state index contributed by atoms with van der Waals surface area (Å²) >= 11 is 0. The highest BCUT2D eigenvalue weighted by Crippen LogP contribution is 2.20. The molecule has 2 N–H and O–H groups in total. The summed E-state index contributed by atoms with van der Waals surface area (Å²) in [6.07, 6.45) is 4.40. The van der Waals surface area contributed by atoms with Gasteiger partial charge in [-0.3, -0.25) is 0 Å². The van der Waals surface area contributed by atoms with Crippen LogP contribution in [0.15, 0.2) is 0 Å². The second-order valence-electron chi connectivity index (χ2n) is 4.63. The molecule has 0 amide bonds. The lowest BCUT2D eigenvalue weighted by molar-refractivity contribution is 0.0761. The van der Waals surface area contributed by atoms with Gasteiger partial charge in [-0.15, -0.1) is 0 Å². The molecule has 2 nitrogen and oxygen atoms in total. The zero-order valence-electron chi connectivity index (χ0n) is 8.92. The van der Waals surface area contributed by atoms with Crippen LogP contribution in [0.5, 0.6) is 0 Å². The summed E-state index contributed by atoms with van der Waals surface area (Å²) in [6.45, 7) is 6.61. The van der Waals surface area contributed by atoms with Crippen molar-refractivity contribution in [2.45, 2.75) is 45.6 Å². The maximum Gasteiger partial charge on any atom is 0.0569 e. The first-order valence-electron chi connectivity index (χ1n) is 5.59. The maximum absolute atomic E-state index is 9.90. The van der Waals surface area contributed by atoms with Crippen molar-refractivity contribution in [3.05, 3.63) is 0 Å². The molecule has 1 unspecified atom stereocenters. The minimum Gasteiger partial charge on any atom is -0.393 e. The molecule has 0 bridgehead atoms. The molecule has 1 atom stereocenters. The van der Waals surface area contributed by atoms with Gasteiger partial charge in [-0.2, -0.15) is 0 Å². The molecule has 78 valence electrons. The Labute approximate surface area is 81.7 Å². The Kier molecular flexibility index (Phi) is 4.74. The third-order valence-corrected chi connectivity index (χ3v) is 2.97. The van der Waals surface area contributed by atoms with E-state index in [0.29, 0.717) is 5.92 Å². The summed E-state index contributed by atoms with van der Waals surface area (Å²) < 4.78 is 0. The summed E-state index contributed by atoms with van der Waals surface area (Å²) in [5.41, 5.74) is 0. The topological polar surface area (TPSA) is 32.3 Å². The molecule has 0 aromatic carbocycles. The van der Waals surface area contributed by atoms with Gasteiger partial charge in [-0.05, 0) is 50.6 Å². The predicted octanol–water partition coefficient (Wildman–Crippen LogP) is 1.78. The van der Waals surface area contributed by atoms with Gasteiger partial charge in [0.05, 0.1) is 6.10 Å². The SMILES string of the molecule is CC(C)CCC(O)C1CCNCC1. The van der Waals surface area contributed by atoms with E-state index in [1.54, 1.807) is 0 Å². The lowest BCUT2D eigenvalue weighted by Gasteiger charge is -2.27. The average Bonchev–Trinajstić information content (AvgIpc) is 2.15. The van der Waals surface area contributed by atoms with Crippen LogP contribution in [-0.4, -0.2) is 24.3 Å². The monoisotopic (exact) mass is 185 g/mol. The Morgan fingerprint density at radius 1 is 1.23 bits per heavy atom. The van der Waals surface area contributed by atoms with E-state index < -0.39 is 0 Å². The summed E-state index contributed by atoms with van der Waals surface area (Å²) in [5, 5.41) is 13.2. The molecule has 1 aliphatic rings. The van der Waals surface area contributed by atoms with Crippen molar-refractivity contribution in [3.63, 3.8) is 0 Å². The molecule has 1 saturated heterocycles. The number of piperidine rings is 1. The molecular weight excluding hydrogens is 162 g/mol. The van der Waals surface area contributed by atoms with Crippen LogP contribution in [0.25, 0.3) is 0 Å². The predicted molar refractivity (Wildman–Crippen MR) is 55.7 cm³/mol. The van der Waals surface area contributed by atoms with Crippen molar-refractivity contribution in [2.75, 3.05) is 13.1 Å². The second-order valence-corrected chi connectivity index (χ2v) is 4.63. The van der Waals surface area contributed by atoms with Crippen LogP contribution < -0.4 is 5.32 Å². The van der Waals surface area contributed by atoms with Gasteiger partial charge in [0.15, 0.2) is 0 Å². The smallest absolute Gasteiger partial charge is 0.0569 e. The fourth-order valence-electron chi connectivity index (χ4n) is 1.97. The first kappa shape index (κ1) is 11.0. The third kappa shape index (κ3) is 4.10. The van der Waals surface area contributed by atoms with Crippen LogP contribution in [0, 0.1) is 11.8 Å². The molecule has 1 fully saturated rings. The Bertz CT molecular complexity index is 130. The van der Waals surface area contributed by atoms with Gasteiger partial charge in [0.25, 0.3) is 0 Å². The van der Waals surface area contributed by atoms with E-state index in [1.165, 1.54) is 0 Å². The van der Waals surface area contributed by atoms with Crippen molar-refractivity contribution < 1.29 is 5.11 Å². The first-order chi connectivity index (χ1) is 6.20. The Morgan fingerprint density at radius 2 is 1.85 bits per heavy atom. The van der Waals surface area contributed by atoms with Gasteiger partial charge < -0.3 is 10.4 Å². The van der Waals surface area contributed by atoms with Gasteiger partial charge >= 0.3 is 0 Å². The fraction of sp³-hybridized carbons (Fsp3) is 1.00. The Morgan fingerprint density at radius 3 is 2.38 bits per heavy atom. The number of hydrogen-bond acceptors (Lipinski definition) is 2. The molecule has 13 heavy (non-hydrogen) atoms. The maximum atomic E-state index is 9.90. The molecule has 1 aliphatic heterocycles. The van der Waals surface area contributed by atoms with E-state index in [9.17, 15) is 5.11 Å². The van der Waals surface area contributed by atoms with Gasteiger partial charge in [0, 0.05) is 0 Å². The lowest BCUT2D eigenvalue weighted by Crippen LogP contribution is -2.34. The molecule has 0 aromatic rings. The van der Waals surface area contributed by atoms with Gasteiger partial charge in [-0.25, -0.2) is 0 Å². The largest absolute Gasteiger partial charge is 0.393 e. The van der Waals surface area contributed by atoms with Crippen LogP contribution in [0.4, 0.5) is 0 Å². The van der Waals surface area contributed by atoms with E-state index in [1.807, 2.05) is 0 Å². The number of rotatable bonds is 4. The van der Waals surface area contributed by atoms with Gasteiger partial charge in [0.1, 0.15) is 0 Å². The lowest BCUT2D eigenvalue weighted by atomic mass is 9.88. The Balaban J connectivity index is 2.17. The van der Waals surface area contributed by atoms with Crippen molar-refractivity contribution in [1.29, 1.82) is 0 Å². The fourth-order valence-corrected chi connectivity index (χ4v) is 1.97. The highest BCUT2D eigenvalue weighted by atomic mass is 16.3. The first-order valence-corrected chi connectivity index (χ1v) is 5.59. The van der Waals surface area contributed by atoms with E-state index in [2.05, 4.69) is 19.2 Å². The molecule has 1 rings (SSSR count). The quantitative estimate of drug-likeness (QED) is 0.700. The molecule has 0 aromatic heterocycles. The number of nitrogens with one attached hydrogen (secondary N) is 1. The highest BCUT2D eigenvalue weighted by molar-refractivity contribution is 4.75. The summed E-state index contributed by atoms with van der Waals surface area (Å²) in [6, 6.07) is 0. The standard InChI is InChI=1S/C11H23NO/c1-9(2)3-4-11(13)10-5-7-12-8-6-10/h9-13H,3-8H2,1-2H3. The molecule has 0 saturated carbocycles. The van der Waals surface area contributed by atoms with Crippen molar-refractivity contribution in [1.82, 2.24) is 5.32 Å². The number of aliphatic hydroxyl groups is 1. The minimum atomic E-state index is -0.0514. The van der Waals surface area contributed by atoms with Gasteiger partial charge in [0.2, 0.25) is 0 Å². The van der Waals surface area contributed by atoms with E-state index in [4.69, 9.17) is 0 Å². The van der Waals surface area contributed by atoms with E-state index >= 15 is 0 Å². The molecule has 0 aliphatic carbocycles. The van der Waals surface area contributed by atoms with Crippen LogP contribution in [-0.2, 0) is 0 Å². The molecule has 2 heteroatoms. The summed E-state index contributed by atoms with van der Waals surface area (Å²) in [4.78, 5) is 0. The van der Waals surface area contributed by atoms with Crippen LogP contribution in [0.3, 0.4) is 0 Å². The average molecular weight is 185 g/mol. The normalized spacial score (nSPS) is 22.2. The highest BCUT2D eigenvalue weighted by Gasteiger charge is 2.20. The zero-order valence-corrected chi connectivity index (χ0v) is 8.92. The van der Waals surface area contributed by atoms with E-state index in [0.717, 1.165) is 44.7 Å². The van der Waals surface area contributed by atoms with Crippen LogP contribution in [0.2, 0.25) is 0 Å². The molecule has 0 radical (unpaired) electrons. The van der Waals surface area contributed by atoms with Crippen molar-refractivity contribution in [2.24, 2.45) is 11.8 Å². The van der Waals surface area contributed by atoms with Crippen molar-refractivity contribution in [3.8, 4) is 0 Å². The second kappa shape index (κ2) is 5.61. The van der Waals surface area contributed by atoms with E-state index in [-0.39, 0.29) is 6.10 Å². The minimum absolute atomic E-state index is 0.0514. The zero-order chi connectivity index (χ0) is 9.68. The van der Waals surface area contributed by atoms with Crippen molar-refractivity contribution >= 4 is 0 Å². The Hall–Kier alpha value is -0.0800. The molecule has 0 spiro atoms. The number of hydrogen-bond donors (Lipinski definition) is 2. The third-order valence-electron chi connectivity index (χ3n) is 2.97. The van der Waals surface area contributed by atoms with Gasteiger partial charge in [-0.1, -0.05) is 13.8 Å². The number of aliphatic hydroxyl groups excluding tert-OH is 1. The van der Waals surface area contributed by atoms with Crippen LogP contribution >= 0.6 is 0 Å². The molecule has 1 heterocycles.